The van der Waals surface area contributed by atoms with Crippen molar-refractivity contribution in [3.8, 4) is 11.1 Å². The molecule has 0 bridgehead atoms. The lowest BCUT2D eigenvalue weighted by atomic mass is 10.1. The summed E-state index contributed by atoms with van der Waals surface area (Å²) in [6.07, 6.45) is 0.590. The summed E-state index contributed by atoms with van der Waals surface area (Å²) in [5, 5.41) is 11.4. The average Bonchev–Trinajstić information content (AvgIpc) is 2.58. The first-order chi connectivity index (χ1) is 14.2. The van der Waals surface area contributed by atoms with Gasteiger partial charge in [-0.05, 0) is 72.2 Å². The molecule has 0 aliphatic rings. The number of rotatable bonds is 3. The topological polar surface area (TPSA) is 125 Å². The van der Waals surface area contributed by atoms with Gasteiger partial charge in [0.25, 0.3) is 5.69 Å². The van der Waals surface area contributed by atoms with Crippen LogP contribution >= 0.6 is 0 Å². The van der Waals surface area contributed by atoms with Gasteiger partial charge in [0.05, 0.1) is 10.5 Å². The van der Waals surface area contributed by atoms with Crippen molar-refractivity contribution in [1.29, 1.82) is 0 Å². The van der Waals surface area contributed by atoms with E-state index in [4.69, 9.17) is 9.47 Å². The number of ether oxygens (including phenoxy) is 2. The predicted octanol–water partition coefficient (Wildman–Crippen LogP) is 5.04. The Kier molecular flexibility index (Phi) is 6.63. The number of nitro groups is 1. The summed E-state index contributed by atoms with van der Waals surface area (Å²) in [6, 6.07) is 4.47. The van der Waals surface area contributed by atoms with Gasteiger partial charge < -0.3 is 9.47 Å². The Morgan fingerprint density at radius 3 is 2.06 bits per heavy atom. The number of anilines is 1. The molecule has 0 aliphatic heterocycles. The molecule has 0 saturated carbocycles. The number of hydrogen-bond donors (Lipinski definition) is 0. The van der Waals surface area contributed by atoms with Crippen LogP contribution in [0.1, 0.15) is 47.2 Å². The number of aromatic nitrogens is 2. The molecule has 0 spiro atoms. The molecule has 2 amide bonds. The molecule has 0 radical (unpaired) electrons. The minimum absolute atomic E-state index is 0.0791. The molecule has 2 aromatic heterocycles. The molecule has 166 valence electrons. The molecule has 2 rings (SSSR count). The van der Waals surface area contributed by atoms with Crippen LogP contribution in [0.2, 0.25) is 0 Å². The van der Waals surface area contributed by atoms with E-state index in [2.05, 4.69) is 9.97 Å². The summed E-state index contributed by atoms with van der Waals surface area (Å²) in [6.45, 7) is 11.6. The number of imide groups is 1. The predicted molar refractivity (Wildman–Crippen MR) is 114 cm³/mol. The molecular formula is C21H26N4O6. The van der Waals surface area contributed by atoms with Crippen LogP contribution in [-0.2, 0) is 9.47 Å². The molecule has 0 aliphatic carbocycles. The summed E-state index contributed by atoms with van der Waals surface area (Å²) >= 11 is 0. The fraction of sp³-hybridized carbons (Fsp3) is 0.429. The highest BCUT2D eigenvalue weighted by Crippen LogP contribution is 2.32. The molecule has 0 unspecified atom stereocenters. The Bertz CT molecular complexity index is 980. The van der Waals surface area contributed by atoms with Crippen LogP contribution in [0.25, 0.3) is 11.1 Å². The SMILES string of the molecule is Cc1cc(-c2ccncc2[N+](=O)[O-])cc(N(C(=O)OC(C)(C)C)C(=O)OC(C)(C)C)n1. The number of pyridine rings is 2. The van der Waals surface area contributed by atoms with Crippen molar-refractivity contribution in [1.82, 2.24) is 9.97 Å². The molecule has 10 heteroatoms. The summed E-state index contributed by atoms with van der Waals surface area (Å²) < 4.78 is 10.7. The lowest BCUT2D eigenvalue weighted by Gasteiger charge is -2.28. The van der Waals surface area contributed by atoms with E-state index in [9.17, 15) is 19.7 Å². The number of aryl methyl sites for hydroxylation is 1. The summed E-state index contributed by atoms with van der Waals surface area (Å²) in [4.78, 5) is 45.3. The highest BCUT2D eigenvalue weighted by molar-refractivity contribution is 6.09. The van der Waals surface area contributed by atoms with E-state index in [1.165, 1.54) is 18.3 Å². The Morgan fingerprint density at radius 1 is 1.03 bits per heavy atom. The van der Waals surface area contributed by atoms with Gasteiger partial charge in [0.1, 0.15) is 23.2 Å². The highest BCUT2D eigenvalue weighted by atomic mass is 16.6. The summed E-state index contributed by atoms with van der Waals surface area (Å²) in [5.74, 6) is -0.0791. The quantitative estimate of drug-likeness (QED) is 0.490. The van der Waals surface area contributed by atoms with E-state index in [0.29, 0.717) is 16.2 Å². The number of nitrogens with zero attached hydrogens (tertiary/aromatic N) is 4. The normalized spacial score (nSPS) is 11.6. The van der Waals surface area contributed by atoms with Crippen LogP contribution in [0.15, 0.2) is 30.6 Å². The van der Waals surface area contributed by atoms with Gasteiger partial charge in [0, 0.05) is 11.9 Å². The Hall–Kier alpha value is -3.56. The Labute approximate surface area is 180 Å². The molecule has 2 heterocycles. The lowest BCUT2D eigenvalue weighted by molar-refractivity contribution is -0.384. The van der Waals surface area contributed by atoms with E-state index in [1.54, 1.807) is 54.5 Å². The van der Waals surface area contributed by atoms with Crippen LogP contribution in [-0.4, -0.2) is 38.3 Å². The van der Waals surface area contributed by atoms with E-state index < -0.39 is 28.3 Å². The minimum Gasteiger partial charge on any atom is -0.443 e. The number of carbonyl (C=O) groups excluding carboxylic acids is 2. The van der Waals surface area contributed by atoms with Crippen LogP contribution in [0.4, 0.5) is 21.1 Å². The first kappa shape index (κ1) is 23.7. The summed E-state index contributed by atoms with van der Waals surface area (Å²) in [7, 11) is 0. The van der Waals surface area contributed by atoms with Gasteiger partial charge in [0.15, 0.2) is 0 Å². The second-order valence-corrected chi connectivity index (χ2v) is 8.80. The fourth-order valence-electron chi connectivity index (χ4n) is 2.57. The van der Waals surface area contributed by atoms with E-state index >= 15 is 0 Å². The zero-order chi connectivity index (χ0) is 23.6. The van der Waals surface area contributed by atoms with Gasteiger partial charge >= 0.3 is 12.2 Å². The zero-order valence-corrected chi connectivity index (χ0v) is 18.6. The van der Waals surface area contributed by atoms with Gasteiger partial charge in [-0.15, -0.1) is 0 Å². The van der Waals surface area contributed by atoms with Crippen LogP contribution in [0, 0.1) is 17.0 Å². The van der Waals surface area contributed by atoms with Gasteiger partial charge in [-0.3, -0.25) is 15.1 Å². The maximum atomic E-state index is 12.9. The van der Waals surface area contributed by atoms with Crippen molar-refractivity contribution in [3.05, 3.63) is 46.4 Å². The number of amides is 2. The maximum Gasteiger partial charge on any atom is 0.425 e. The lowest BCUT2D eigenvalue weighted by Crippen LogP contribution is -2.44. The second-order valence-electron chi connectivity index (χ2n) is 8.80. The van der Waals surface area contributed by atoms with Gasteiger partial charge in [-0.25, -0.2) is 14.6 Å². The van der Waals surface area contributed by atoms with E-state index in [1.807, 2.05) is 0 Å². The summed E-state index contributed by atoms with van der Waals surface area (Å²) in [5.41, 5.74) is -0.911. The number of hydrogen-bond acceptors (Lipinski definition) is 8. The van der Waals surface area contributed by atoms with Crippen molar-refractivity contribution >= 4 is 23.7 Å². The molecule has 0 atom stereocenters. The third kappa shape index (κ3) is 6.46. The van der Waals surface area contributed by atoms with E-state index in [-0.39, 0.29) is 17.1 Å². The second kappa shape index (κ2) is 8.66. The molecule has 10 nitrogen and oxygen atoms in total. The van der Waals surface area contributed by atoms with Crippen LogP contribution in [0.3, 0.4) is 0 Å². The standard InChI is InChI=1S/C21H26N4O6/c1-13-10-14(15-8-9-22-12-16(15)25(28)29)11-17(23-13)24(18(26)30-20(2,3)4)19(27)31-21(5,6)7/h8-12H,1-7H3. The maximum absolute atomic E-state index is 12.9. The average molecular weight is 430 g/mol. The third-order valence-electron chi connectivity index (χ3n) is 3.63. The minimum atomic E-state index is -0.977. The van der Waals surface area contributed by atoms with Crippen molar-refractivity contribution < 1.29 is 24.0 Å². The van der Waals surface area contributed by atoms with Gasteiger partial charge in [-0.1, -0.05) is 0 Å². The zero-order valence-electron chi connectivity index (χ0n) is 18.6. The molecule has 0 aromatic carbocycles. The Balaban J connectivity index is 2.63. The smallest absolute Gasteiger partial charge is 0.425 e. The van der Waals surface area contributed by atoms with Crippen LogP contribution < -0.4 is 4.90 Å². The molecule has 31 heavy (non-hydrogen) atoms. The monoisotopic (exact) mass is 430 g/mol. The van der Waals surface area contributed by atoms with Gasteiger partial charge in [-0.2, -0.15) is 4.90 Å². The van der Waals surface area contributed by atoms with E-state index in [0.717, 1.165) is 6.20 Å². The molecule has 0 fully saturated rings. The van der Waals surface area contributed by atoms with Crippen molar-refractivity contribution in [2.24, 2.45) is 0 Å². The van der Waals surface area contributed by atoms with Crippen molar-refractivity contribution in [3.63, 3.8) is 0 Å². The Morgan fingerprint density at radius 2 is 1.58 bits per heavy atom. The van der Waals surface area contributed by atoms with Crippen molar-refractivity contribution in [2.75, 3.05) is 4.90 Å². The first-order valence-corrected chi connectivity index (χ1v) is 9.51. The first-order valence-electron chi connectivity index (χ1n) is 9.51. The number of carbonyl (C=O) groups is 2. The van der Waals surface area contributed by atoms with Crippen LogP contribution in [0.5, 0.6) is 0 Å². The van der Waals surface area contributed by atoms with Crippen molar-refractivity contribution in [2.45, 2.75) is 59.7 Å². The van der Waals surface area contributed by atoms with Gasteiger partial charge in [0.2, 0.25) is 0 Å². The molecule has 0 N–H and O–H groups in total. The third-order valence-corrected chi connectivity index (χ3v) is 3.63. The molecular weight excluding hydrogens is 404 g/mol. The largest absolute Gasteiger partial charge is 0.443 e. The fourth-order valence-corrected chi connectivity index (χ4v) is 2.57. The molecule has 0 saturated heterocycles. The molecule has 2 aromatic rings. The highest BCUT2D eigenvalue weighted by Gasteiger charge is 2.34.